The van der Waals surface area contributed by atoms with Crippen LogP contribution in [0.2, 0.25) is 0 Å². The molecule has 0 saturated carbocycles. The van der Waals surface area contributed by atoms with Gasteiger partial charge in [0.1, 0.15) is 0 Å². The summed E-state index contributed by atoms with van der Waals surface area (Å²) in [5.41, 5.74) is 4.12. The van der Waals surface area contributed by atoms with Crippen molar-refractivity contribution in [1.82, 2.24) is 5.43 Å². The molecule has 0 aromatic carbocycles. The van der Waals surface area contributed by atoms with Crippen molar-refractivity contribution in [1.29, 1.82) is 0 Å². The van der Waals surface area contributed by atoms with Crippen LogP contribution in [0.4, 0.5) is 0 Å². The molecule has 1 atom stereocenters. The first-order chi connectivity index (χ1) is 7.38. The quantitative estimate of drug-likeness (QED) is 0.381. The fourth-order valence-electron chi connectivity index (χ4n) is 1.75. The zero-order valence-corrected chi connectivity index (χ0v) is 9.50. The number of ether oxygens (including phenoxy) is 2. The van der Waals surface area contributed by atoms with E-state index in [1.807, 2.05) is 13.2 Å². The van der Waals surface area contributed by atoms with Crippen LogP contribution >= 0.6 is 0 Å². The Balaban J connectivity index is 2.25. The summed E-state index contributed by atoms with van der Waals surface area (Å²) in [5.74, 6) is 5.53. The third kappa shape index (κ3) is 4.64. The van der Waals surface area contributed by atoms with Crippen molar-refractivity contribution in [2.24, 2.45) is 5.84 Å². The monoisotopic (exact) mass is 214 g/mol. The van der Waals surface area contributed by atoms with Crippen LogP contribution in [0.3, 0.4) is 0 Å². The summed E-state index contributed by atoms with van der Waals surface area (Å²) in [6, 6.07) is 0.241. The van der Waals surface area contributed by atoms with Crippen LogP contribution in [-0.4, -0.2) is 25.9 Å². The standard InChI is InChI=1S/C11H22N2O2/c1-2-14-7-4-6-11(13-12)10-5-3-8-15-9-10/h9,11,13H,2-8,12H2,1H3. The third-order valence-electron chi connectivity index (χ3n) is 2.60. The summed E-state index contributed by atoms with van der Waals surface area (Å²) in [6.45, 7) is 4.44. The van der Waals surface area contributed by atoms with E-state index in [1.54, 1.807) is 0 Å². The lowest BCUT2D eigenvalue weighted by Gasteiger charge is -2.22. The Bertz CT molecular complexity index is 195. The molecule has 0 radical (unpaired) electrons. The zero-order chi connectivity index (χ0) is 10.9. The van der Waals surface area contributed by atoms with E-state index in [-0.39, 0.29) is 6.04 Å². The molecule has 1 heterocycles. The van der Waals surface area contributed by atoms with Crippen molar-refractivity contribution >= 4 is 0 Å². The number of nitrogens with one attached hydrogen (secondary N) is 1. The fraction of sp³-hybridized carbons (Fsp3) is 0.818. The van der Waals surface area contributed by atoms with E-state index in [2.05, 4.69) is 5.43 Å². The molecule has 0 aromatic heterocycles. The number of hydrogen-bond donors (Lipinski definition) is 2. The van der Waals surface area contributed by atoms with Crippen LogP contribution in [0.1, 0.15) is 32.6 Å². The molecule has 1 unspecified atom stereocenters. The van der Waals surface area contributed by atoms with E-state index < -0.39 is 0 Å². The van der Waals surface area contributed by atoms with Gasteiger partial charge in [-0.3, -0.25) is 11.3 Å². The van der Waals surface area contributed by atoms with Crippen molar-refractivity contribution in [2.75, 3.05) is 19.8 Å². The van der Waals surface area contributed by atoms with Crippen molar-refractivity contribution in [2.45, 2.75) is 38.6 Å². The normalized spacial score (nSPS) is 18.1. The lowest BCUT2D eigenvalue weighted by Crippen LogP contribution is -2.37. The minimum atomic E-state index is 0.241. The van der Waals surface area contributed by atoms with Gasteiger partial charge in [-0.2, -0.15) is 0 Å². The summed E-state index contributed by atoms with van der Waals surface area (Å²) in [4.78, 5) is 0. The smallest absolute Gasteiger partial charge is 0.0876 e. The van der Waals surface area contributed by atoms with Crippen LogP contribution in [0.15, 0.2) is 11.8 Å². The predicted octanol–water partition coefficient (Wildman–Crippen LogP) is 1.33. The minimum Gasteiger partial charge on any atom is -0.501 e. The van der Waals surface area contributed by atoms with Crippen molar-refractivity contribution < 1.29 is 9.47 Å². The molecule has 1 aliphatic heterocycles. The van der Waals surface area contributed by atoms with E-state index in [4.69, 9.17) is 15.3 Å². The van der Waals surface area contributed by atoms with Crippen LogP contribution < -0.4 is 11.3 Å². The minimum absolute atomic E-state index is 0.241. The van der Waals surface area contributed by atoms with Crippen LogP contribution in [0.5, 0.6) is 0 Å². The molecule has 0 amide bonds. The Morgan fingerprint density at radius 3 is 3.13 bits per heavy atom. The second kappa shape index (κ2) is 7.68. The maximum absolute atomic E-state index is 5.53. The summed E-state index contributed by atoms with van der Waals surface area (Å²) >= 11 is 0. The Hall–Kier alpha value is -0.580. The van der Waals surface area contributed by atoms with Gasteiger partial charge in [0.15, 0.2) is 0 Å². The van der Waals surface area contributed by atoms with Gasteiger partial charge in [-0.25, -0.2) is 0 Å². The van der Waals surface area contributed by atoms with E-state index in [0.29, 0.717) is 0 Å². The SMILES string of the molecule is CCOCCCC(NN)C1=COCCC1. The van der Waals surface area contributed by atoms with Crippen molar-refractivity contribution in [3.8, 4) is 0 Å². The van der Waals surface area contributed by atoms with E-state index in [9.17, 15) is 0 Å². The average Bonchev–Trinajstić information content (AvgIpc) is 2.30. The van der Waals surface area contributed by atoms with Gasteiger partial charge in [0.25, 0.3) is 0 Å². The molecule has 1 aliphatic rings. The van der Waals surface area contributed by atoms with Gasteiger partial charge in [-0.05, 0) is 38.2 Å². The molecule has 1 rings (SSSR count). The van der Waals surface area contributed by atoms with E-state index in [0.717, 1.165) is 45.5 Å². The van der Waals surface area contributed by atoms with Crippen LogP contribution in [-0.2, 0) is 9.47 Å². The molecule has 4 nitrogen and oxygen atoms in total. The van der Waals surface area contributed by atoms with Gasteiger partial charge in [-0.1, -0.05) is 0 Å². The fourth-order valence-corrected chi connectivity index (χ4v) is 1.75. The molecule has 88 valence electrons. The Labute approximate surface area is 91.8 Å². The highest BCUT2D eigenvalue weighted by Crippen LogP contribution is 2.18. The lowest BCUT2D eigenvalue weighted by atomic mass is 9.99. The van der Waals surface area contributed by atoms with Gasteiger partial charge < -0.3 is 9.47 Å². The zero-order valence-electron chi connectivity index (χ0n) is 9.50. The highest BCUT2D eigenvalue weighted by atomic mass is 16.5. The van der Waals surface area contributed by atoms with Crippen molar-refractivity contribution in [3.63, 3.8) is 0 Å². The Morgan fingerprint density at radius 1 is 1.67 bits per heavy atom. The van der Waals surface area contributed by atoms with Crippen LogP contribution in [0, 0.1) is 0 Å². The topological polar surface area (TPSA) is 56.5 Å². The number of rotatable bonds is 7. The number of hydrogen-bond acceptors (Lipinski definition) is 4. The third-order valence-corrected chi connectivity index (χ3v) is 2.60. The maximum atomic E-state index is 5.53. The summed E-state index contributed by atoms with van der Waals surface area (Å²) < 4.78 is 10.6. The molecule has 0 fully saturated rings. The van der Waals surface area contributed by atoms with Gasteiger partial charge in [-0.15, -0.1) is 0 Å². The lowest BCUT2D eigenvalue weighted by molar-refractivity contribution is 0.141. The second-order valence-electron chi connectivity index (χ2n) is 3.73. The molecule has 0 saturated heterocycles. The summed E-state index contributed by atoms with van der Waals surface area (Å²) in [6.07, 6.45) is 6.07. The molecule has 0 aliphatic carbocycles. The molecule has 0 aromatic rings. The first-order valence-electron chi connectivity index (χ1n) is 5.73. The Morgan fingerprint density at radius 2 is 2.53 bits per heavy atom. The highest BCUT2D eigenvalue weighted by molar-refractivity contribution is 5.09. The predicted molar refractivity (Wildman–Crippen MR) is 60.1 cm³/mol. The number of nitrogens with two attached hydrogens (primary N) is 1. The first kappa shape index (κ1) is 12.5. The van der Waals surface area contributed by atoms with Gasteiger partial charge in [0.05, 0.1) is 12.9 Å². The largest absolute Gasteiger partial charge is 0.501 e. The van der Waals surface area contributed by atoms with E-state index >= 15 is 0 Å². The van der Waals surface area contributed by atoms with Crippen LogP contribution in [0.25, 0.3) is 0 Å². The molecule has 0 bridgehead atoms. The van der Waals surface area contributed by atoms with Crippen molar-refractivity contribution in [3.05, 3.63) is 11.8 Å². The van der Waals surface area contributed by atoms with Gasteiger partial charge >= 0.3 is 0 Å². The summed E-state index contributed by atoms with van der Waals surface area (Å²) in [7, 11) is 0. The average molecular weight is 214 g/mol. The highest BCUT2D eigenvalue weighted by Gasteiger charge is 2.15. The molecule has 4 heteroatoms. The van der Waals surface area contributed by atoms with E-state index in [1.165, 1.54) is 5.57 Å². The summed E-state index contributed by atoms with van der Waals surface area (Å²) in [5, 5.41) is 0. The maximum Gasteiger partial charge on any atom is 0.0876 e. The number of hydrazine groups is 1. The van der Waals surface area contributed by atoms with Gasteiger partial charge in [0.2, 0.25) is 0 Å². The van der Waals surface area contributed by atoms with Gasteiger partial charge in [0, 0.05) is 19.3 Å². The Kier molecular flexibility index (Phi) is 6.39. The molecular formula is C11H22N2O2. The second-order valence-corrected chi connectivity index (χ2v) is 3.73. The molecule has 15 heavy (non-hydrogen) atoms. The molecular weight excluding hydrogens is 192 g/mol. The molecule has 3 N–H and O–H groups in total. The first-order valence-corrected chi connectivity index (χ1v) is 5.73. The molecule has 0 spiro atoms.